The number of rotatable bonds is 5. The lowest BCUT2D eigenvalue weighted by Crippen LogP contribution is -2.52. The van der Waals surface area contributed by atoms with Crippen LogP contribution < -0.4 is 10.1 Å². The first-order valence-corrected chi connectivity index (χ1v) is 10.4. The van der Waals surface area contributed by atoms with Crippen molar-refractivity contribution < 1.29 is 23.9 Å². The average Bonchev–Trinajstić information content (AvgIpc) is 3.32. The van der Waals surface area contributed by atoms with Crippen LogP contribution in [0.2, 0.25) is 0 Å². The van der Waals surface area contributed by atoms with Crippen molar-refractivity contribution in [2.45, 2.75) is 0 Å². The van der Waals surface area contributed by atoms with Gasteiger partial charge in [-0.25, -0.2) is 4.98 Å². The van der Waals surface area contributed by atoms with Crippen molar-refractivity contribution in [2.75, 3.05) is 40.3 Å². The normalized spacial score (nSPS) is 13.6. The van der Waals surface area contributed by atoms with Crippen molar-refractivity contribution in [1.29, 1.82) is 0 Å². The maximum atomic E-state index is 13.1. The fraction of sp³-hybridized carbons (Fsp3) is 0.261. The molecule has 1 fully saturated rings. The van der Waals surface area contributed by atoms with Crippen LogP contribution in [0, 0.1) is 0 Å². The number of carbonyl (C=O) groups is 4. The molecule has 2 aromatic heterocycles. The molecule has 0 radical (unpaired) electrons. The van der Waals surface area contributed by atoms with E-state index in [-0.39, 0.29) is 36.0 Å². The Bertz CT molecular complexity index is 1230. The Hall–Kier alpha value is -4.21. The Morgan fingerprint density at radius 3 is 2.33 bits per heavy atom. The number of Topliss-reactive ketones (excluding diaryl/α,β-unsaturated/α-hetero) is 1. The Morgan fingerprint density at radius 2 is 1.70 bits per heavy atom. The number of fused-ring (bicyclic) bond motifs is 1. The van der Waals surface area contributed by atoms with E-state index in [0.29, 0.717) is 29.6 Å². The SMILES string of the molecule is CNC(=O)c1ncc(OC)c2c(C(=O)C(=O)N3CCN(C(=O)c4ccccc4)CC3)c[nH]c12. The van der Waals surface area contributed by atoms with Gasteiger partial charge >= 0.3 is 0 Å². The summed E-state index contributed by atoms with van der Waals surface area (Å²) in [6.45, 7) is 1.14. The number of ether oxygens (including phenoxy) is 1. The zero-order valence-corrected chi connectivity index (χ0v) is 18.3. The van der Waals surface area contributed by atoms with Crippen molar-refractivity contribution >= 4 is 34.4 Å². The van der Waals surface area contributed by atoms with Crippen molar-refractivity contribution in [1.82, 2.24) is 25.1 Å². The largest absolute Gasteiger partial charge is 0.494 e. The number of nitrogens with one attached hydrogen (secondary N) is 2. The van der Waals surface area contributed by atoms with E-state index < -0.39 is 17.6 Å². The van der Waals surface area contributed by atoms with Crippen LogP contribution in [0.4, 0.5) is 0 Å². The summed E-state index contributed by atoms with van der Waals surface area (Å²) in [6.07, 6.45) is 2.73. The minimum atomic E-state index is -0.726. The van der Waals surface area contributed by atoms with Gasteiger partial charge in [0.15, 0.2) is 5.69 Å². The summed E-state index contributed by atoms with van der Waals surface area (Å²) < 4.78 is 5.32. The minimum absolute atomic E-state index is 0.0906. The van der Waals surface area contributed by atoms with Crippen LogP contribution in [-0.2, 0) is 4.79 Å². The summed E-state index contributed by atoms with van der Waals surface area (Å²) in [5, 5.41) is 2.82. The van der Waals surface area contributed by atoms with Gasteiger partial charge in [-0.15, -0.1) is 0 Å². The Labute approximate surface area is 189 Å². The van der Waals surface area contributed by atoms with Gasteiger partial charge in [-0.2, -0.15) is 0 Å². The number of nitrogens with zero attached hydrogens (tertiary/aromatic N) is 3. The maximum Gasteiger partial charge on any atom is 0.295 e. The lowest BCUT2D eigenvalue weighted by Gasteiger charge is -2.34. The lowest BCUT2D eigenvalue weighted by atomic mass is 10.1. The third kappa shape index (κ3) is 4.02. The smallest absolute Gasteiger partial charge is 0.295 e. The number of aromatic nitrogens is 2. The molecule has 0 spiro atoms. The van der Waals surface area contributed by atoms with E-state index in [1.165, 1.54) is 31.5 Å². The number of hydrogen-bond donors (Lipinski definition) is 2. The molecule has 0 saturated carbocycles. The van der Waals surface area contributed by atoms with Crippen LogP contribution in [0.15, 0.2) is 42.7 Å². The molecule has 2 N–H and O–H groups in total. The first-order valence-electron chi connectivity index (χ1n) is 10.4. The number of methoxy groups -OCH3 is 1. The molecule has 1 aliphatic rings. The fourth-order valence-electron chi connectivity index (χ4n) is 3.88. The van der Waals surface area contributed by atoms with Crippen molar-refractivity contribution in [3.8, 4) is 5.75 Å². The number of pyridine rings is 1. The highest BCUT2D eigenvalue weighted by Crippen LogP contribution is 2.30. The fourth-order valence-corrected chi connectivity index (χ4v) is 3.88. The number of ketones is 1. The number of H-pyrrole nitrogens is 1. The highest BCUT2D eigenvalue weighted by atomic mass is 16.5. The Kier molecular flexibility index (Phi) is 6.07. The van der Waals surface area contributed by atoms with Crippen LogP contribution in [0.1, 0.15) is 31.2 Å². The predicted molar refractivity (Wildman–Crippen MR) is 119 cm³/mol. The molecule has 1 aliphatic heterocycles. The number of aromatic amines is 1. The summed E-state index contributed by atoms with van der Waals surface area (Å²) in [5.74, 6) is -1.67. The van der Waals surface area contributed by atoms with E-state index in [1.807, 2.05) is 6.07 Å². The van der Waals surface area contributed by atoms with Gasteiger partial charge in [0, 0.05) is 45.0 Å². The van der Waals surface area contributed by atoms with Gasteiger partial charge in [0.25, 0.3) is 23.5 Å². The van der Waals surface area contributed by atoms with Crippen LogP contribution in [-0.4, -0.2) is 83.6 Å². The molecule has 170 valence electrons. The van der Waals surface area contributed by atoms with Gasteiger partial charge in [-0.1, -0.05) is 18.2 Å². The quantitative estimate of drug-likeness (QED) is 0.444. The van der Waals surface area contributed by atoms with Crippen LogP contribution in [0.25, 0.3) is 10.9 Å². The second-order valence-electron chi connectivity index (χ2n) is 7.49. The monoisotopic (exact) mass is 449 g/mol. The summed E-state index contributed by atoms with van der Waals surface area (Å²) in [5.41, 5.74) is 1.08. The van der Waals surface area contributed by atoms with Crippen LogP contribution in [0.3, 0.4) is 0 Å². The first-order chi connectivity index (χ1) is 16.0. The number of amides is 3. The van der Waals surface area contributed by atoms with Gasteiger partial charge in [-0.05, 0) is 12.1 Å². The van der Waals surface area contributed by atoms with Gasteiger partial charge in [-0.3, -0.25) is 19.2 Å². The standard InChI is InChI=1S/C23H23N5O5/c1-24-21(30)19-18-17(16(33-2)13-26-19)15(12-25-18)20(29)23(32)28-10-8-27(9-11-28)22(31)14-6-4-3-5-7-14/h3-7,12-13,25H,8-11H2,1-2H3,(H,24,30). The maximum absolute atomic E-state index is 13.1. The van der Waals surface area contributed by atoms with E-state index in [9.17, 15) is 19.2 Å². The van der Waals surface area contributed by atoms with Gasteiger partial charge in [0.1, 0.15) is 5.75 Å². The van der Waals surface area contributed by atoms with Crippen LogP contribution >= 0.6 is 0 Å². The molecular weight excluding hydrogens is 426 g/mol. The average molecular weight is 449 g/mol. The summed E-state index contributed by atoms with van der Waals surface area (Å²) >= 11 is 0. The Balaban J connectivity index is 1.53. The molecule has 0 unspecified atom stereocenters. The molecule has 3 aromatic rings. The van der Waals surface area contributed by atoms with Crippen LogP contribution in [0.5, 0.6) is 5.75 Å². The summed E-state index contributed by atoms with van der Waals surface area (Å²) in [4.78, 5) is 60.9. The third-order valence-corrected chi connectivity index (χ3v) is 5.65. The molecule has 3 heterocycles. The molecular formula is C23H23N5O5. The van der Waals surface area contributed by atoms with E-state index >= 15 is 0 Å². The van der Waals surface area contributed by atoms with E-state index in [4.69, 9.17) is 4.74 Å². The molecule has 0 aliphatic carbocycles. The molecule has 1 saturated heterocycles. The van der Waals surface area contributed by atoms with E-state index in [0.717, 1.165) is 0 Å². The number of carbonyl (C=O) groups excluding carboxylic acids is 4. The van der Waals surface area contributed by atoms with Crippen molar-refractivity contribution in [3.05, 3.63) is 59.5 Å². The van der Waals surface area contributed by atoms with Gasteiger partial charge in [0.05, 0.1) is 29.8 Å². The summed E-state index contributed by atoms with van der Waals surface area (Å²) in [6, 6.07) is 8.93. The van der Waals surface area contributed by atoms with E-state index in [1.54, 1.807) is 29.2 Å². The lowest BCUT2D eigenvalue weighted by molar-refractivity contribution is -0.127. The predicted octanol–water partition coefficient (Wildman–Crippen LogP) is 1.10. The molecule has 0 bridgehead atoms. The highest BCUT2D eigenvalue weighted by molar-refractivity contribution is 6.45. The zero-order valence-electron chi connectivity index (χ0n) is 18.3. The van der Waals surface area contributed by atoms with Crippen molar-refractivity contribution in [3.63, 3.8) is 0 Å². The second-order valence-corrected chi connectivity index (χ2v) is 7.49. The molecule has 4 rings (SSSR count). The molecule has 10 nitrogen and oxygen atoms in total. The van der Waals surface area contributed by atoms with E-state index in [2.05, 4.69) is 15.3 Å². The molecule has 33 heavy (non-hydrogen) atoms. The topological polar surface area (TPSA) is 125 Å². The summed E-state index contributed by atoms with van der Waals surface area (Å²) in [7, 11) is 2.89. The Morgan fingerprint density at radius 1 is 1.03 bits per heavy atom. The molecule has 3 amide bonds. The number of benzene rings is 1. The van der Waals surface area contributed by atoms with Crippen molar-refractivity contribution in [2.24, 2.45) is 0 Å². The highest BCUT2D eigenvalue weighted by Gasteiger charge is 2.31. The molecule has 10 heteroatoms. The zero-order chi connectivity index (χ0) is 23.5. The van der Waals surface area contributed by atoms with Gasteiger partial charge in [0.2, 0.25) is 0 Å². The molecule has 0 atom stereocenters. The minimum Gasteiger partial charge on any atom is -0.494 e. The molecule has 1 aromatic carbocycles. The van der Waals surface area contributed by atoms with Gasteiger partial charge < -0.3 is 24.8 Å². The number of piperazine rings is 1. The second kappa shape index (κ2) is 9.11. The number of hydrogen-bond acceptors (Lipinski definition) is 6. The first kappa shape index (κ1) is 22.0. The third-order valence-electron chi connectivity index (χ3n) is 5.65.